The van der Waals surface area contributed by atoms with E-state index in [0.717, 1.165) is 17.1 Å². The predicted octanol–water partition coefficient (Wildman–Crippen LogP) is 1.61. The van der Waals surface area contributed by atoms with Gasteiger partial charge in [-0.05, 0) is 26.8 Å². The van der Waals surface area contributed by atoms with Crippen LogP contribution in [0.1, 0.15) is 19.7 Å². The highest BCUT2D eigenvalue weighted by Crippen LogP contribution is 2.28. The second kappa shape index (κ2) is 4.49. The topological polar surface area (TPSA) is 49.2 Å². The number of pyridine rings is 1. The Labute approximate surface area is 118 Å². The van der Waals surface area contributed by atoms with Crippen molar-refractivity contribution in [2.45, 2.75) is 26.4 Å². The second-order valence-electron chi connectivity index (χ2n) is 5.30. The van der Waals surface area contributed by atoms with Gasteiger partial charge >= 0.3 is 7.12 Å². The second-order valence-corrected chi connectivity index (χ2v) is 5.30. The smallest absolute Gasteiger partial charge is 0.534 e. The average Bonchev–Trinajstić information content (AvgIpc) is 2.94. The number of hydrogen-bond acceptors (Lipinski definition) is 4. The highest BCUT2D eigenvalue weighted by Gasteiger charge is 2.42. The lowest BCUT2D eigenvalue weighted by molar-refractivity contribution is 0.173. The monoisotopic (exact) mass is 269 g/mol. The summed E-state index contributed by atoms with van der Waals surface area (Å²) in [6.45, 7) is 9.68. The van der Waals surface area contributed by atoms with Gasteiger partial charge in [-0.25, -0.2) is 9.97 Å². The maximum atomic E-state index is 5.82. The zero-order chi connectivity index (χ0) is 14.3. The van der Waals surface area contributed by atoms with Crippen molar-refractivity contribution in [1.82, 2.24) is 14.5 Å². The van der Waals surface area contributed by atoms with Crippen LogP contribution < -0.4 is 5.46 Å². The van der Waals surface area contributed by atoms with E-state index >= 15 is 0 Å². The van der Waals surface area contributed by atoms with Gasteiger partial charge in [0, 0.05) is 24.1 Å². The summed E-state index contributed by atoms with van der Waals surface area (Å²) in [6, 6.07) is 3.87. The number of hydrogen-bond donors (Lipinski definition) is 0. The number of nitrogens with zero attached hydrogens (tertiary/aromatic N) is 3. The molecule has 0 atom stereocenters. The third kappa shape index (κ3) is 2.12. The summed E-state index contributed by atoms with van der Waals surface area (Å²) >= 11 is 0. The Kier molecular flexibility index (Phi) is 2.90. The Morgan fingerprint density at radius 2 is 2.10 bits per heavy atom. The predicted molar refractivity (Wildman–Crippen MR) is 76.9 cm³/mol. The lowest BCUT2D eigenvalue weighted by Crippen LogP contribution is -2.34. The number of aromatic nitrogens is 3. The van der Waals surface area contributed by atoms with E-state index in [4.69, 9.17) is 9.31 Å². The third-order valence-corrected chi connectivity index (χ3v) is 3.44. The van der Waals surface area contributed by atoms with Crippen molar-refractivity contribution >= 4 is 12.6 Å². The Hall–Kier alpha value is -2.08. The normalized spacial score (nSPS) is 17.4. The summed E-state index contributed by atoms with van der Waals surface area (Å²) in [5, 5.41) is 0. The molecule has 3 heterocycles. The molecule has 0 spiro atoms. The van der Waals surface area contributed by atoms with Crippen molar-refractivity contribution in [3.8, 4) is 5.82 Å². The lowest BCUT2D eigenvalue weighted by Gasteiger charge is -2.15. The fraction of sp³-hybridized carbons (Fsp3) is 0.286. The van der Waals surface area contributed by atoms with Crippen molar-refractivity contribution in [1.29, 1.82) is 0 Å². The molecule has 3 rings (SSSR count). The molecule has 2 aromatic rings. The summed E-state index contributed by atoms with van der Waals surface area (Å²) in [5.41, 5.74) is 0.405. The first-order chi connectivity index (χ1) is 9.47. The Balaban J connectivity index is 1.84. The molecular weight excluding hydrogens is 253 g/mol. The maximum Gasteiger partial charge on any atom is 0.564 e. The van der Waals surface area contributed by atoms with Gasteiger partial charge in [-0.15, -0.1) is 0 Å². The molecule has 0 aliphatic carbocycles. The quantitative estimate of drug-likeness (QED) is 0.777. The molecule has 102 valence electrons. The van der Waals surface area contributed by atoms with Gasteiger partial charge in [0.25, 0.3) is 0 Å². The van der Waals surface area contributed by atoms with Crippen molar-refractivity contribution in [2.24, 2.45) is 0 Å². The summed E-state index contributed by atoms with van der Waals surface area (Å²) in [6.07, 6.45) is 5.39. The van der Waals surface area contributed by atoms with Crippen molar-refractivity contribution in [3.63, 3.8) is 0 Å². The molecule has 0 unspecified atom stereocenters. The van der Waals surface area contributed by atoms with Gasteiger partial charge in [-0.3, -0.25) is 4.57 Å². The van der Waals surface area contributed by atoms with E-state index in [1.807, 2.05) is 43.7 Å². The third-order valence-electron chi connectivity index (χ3n) is 3.44. The Morgan fingerprint density at radius 3 is 2.60 bits per heavy atom. The van der Waals surface area contributed by atoms with Gasteiger partial charge in [-0.2, -0.15) is 0 Å². The van der Waals surface area contributed by atoms with E-state index in [2.05, 4.69) is 16.5 Å². The SMILES string of the molecule is C=C1OB(c2ccc(-n3ccnc3C)nc2)OC1(C)C. The fourth-order valence-corrected chi connectivity index (χ4v) is 2.06. The van der Waals surface area contributed by atoms with Crippen LogP contribution in [-0.2, 0) is 9.31 Å². The maximum absolute atomic E-state index is 5.82. The van der Waals surface area contributed by atoms with Gasteiger partial charge in [0.05, 0.1) is 5.76 Å². The van der Waals surface area contributed by atoms with Gasteiger partial charge < -0.3 is 9.31 Å². The first-order valence-corrected chi connectivity index (χ1v) is 6.47. The zero-order valence-electron chi connectivity index (χ0n) is 11.8. The highest BCUT2D eigenvalue weighted by atomic mass is 16.7. The minimum atomic E-state index is -0.468. The van der Waals surface area contributed by atoms with Crippen LogP contribution in [-0.4, -0.2) is 27.3 Å². The minimum Gasteiger partial charge on any atom is -0.534 e. The van der Waals surface area contributed by atoms with Crippen LogP contribution >= 0.6 is 0 Å². The summed E-state index contributed by atoms with van der Waals surface area (Å²) in [4.78, 5) is 8.62. The van der Waals surface area contributed by atoms with E-state index in [0.29, 0.717) is 5.76 Å². The summed E-state index contributed by atoms with van der Waals surface area (Å²) < 4.78 is 13.4. The number of imidazole rings is 1. The molecule has 6 heteroatoms. The molecule has 0 aromatic carbocycles. The zero-order valence-corrected chi connectivity index (χ0v) is 11.8. The lowest BCUT2D eigenvalue weighted by atomic mass is 9.80. The van der Waals surface area contributed by atoms with Gasteiger partial charge in [0.2, 0.25) is 0 Å². The van der Waals surface area contributed by atoms with Crippen molar-refractivity contribution in [3.05, 3.63) is 48.9 Å². The van der Waals surface area contributed by atoms with Gasteiger partial charge in [-0.1, -0.05) is 12.6 Å². The molecule has 1 saturated heterocycles. The van der Waals surface area contributed by atoms with Crippen LogP contribution in [0.5, 0.6) is 0 Å². The van der Waals surface area contributed by atoms with Crippen LogP contribution in [0.25, 0.3) is 5.82 Å². The van der Waals surface area contributed by atoms with E-state index in [1.54, 1.807) is 12.4 Å². The molecule has 0 radical (unpaired) electrons. The molecule has 1 aliphatic heterocycles. The first kappa shape index (κ1) is 12.9. The van der Waals surface area contributed by atoms with Crippen molar-refractivity contribution in [2.75, 3.05) is 0 Å². The standard InChI is InChI=1S/C14H16BN3O2/c1-10-14(3,4)20-15(19-10)12-5-6-13(17-9-12)18-8-7-16-11(18)2/h5-9H,1H2,2-4H3. The van der Waals surface area contributed by atoms with E-state index in [9.17, 15) is 0 Å². The molecule has 0 saturated carbocycles. The highest BCUT2D eigenvalue weighted by molar-refractivity contribution is 6.62. The van der Waals surface area contributed by atoms with Crippen molar-refractivity contribution < 1.29 is 9.31 Å². The Bertz CT molecular complexity index is 649. The molecule has 2 aromatic heterocycles. The van der Waals surface area contributed by atoms with Crippen LogP contribution in [0.3, 0.4) is 0 Å². The first-order valence-electron chi connectivity index (χ1n) is 6.47. The van der Waals surface area contributed by atoms with Crippen LogP contribution in [0, 0.1) is 6.92 Å². The molecule has 5 nitrogen and oxygen atoms in total. The molecule has 0 N–H and O–H groups in total. The van der Waals surface area contributed by atoms with E-state index in [-0.39, 0.29) is 0 Å². The molecule has 0 amide bonds. The molecular formula is C14H16BN3O2. The molecule has 20 heavy (non-hydrogen) atoms. The summed E-state index contributed by atoms with van der Waals surface area (Å²) in [7, 11) is -0.442. The number of rotatable bonds is 2. The van der Waals surface area contributed by atoms with E-state index in [1.165, 1.54) is 0 Å². The average molecular weight is 269 g/mol. The Morgan fingerprint density at radius 1 is 1.30 bits per heavy atom. The van der Waals surface area contributed by atoms with Gasteiger partial charge in [0.1, 0.15) is 17.2 Å². The number of aryl methyl sites for hydroxylation is 1. The molecule has 1 fully saturated rings. The minimum absolute atomic E-state index is 0.442. The van der Waals surface area contributed by atoms with Crippen LogP contribution in [0.4, 0.5) is 0 Å². The molecule has 1 aliphatic rings. The van der Waals surface area contributed by atoms with E-state index < -0.39 is 12.7 Å². The van der Waals surface area contributed by atoms with Gasteiger partial charge in [0.15, 0.2) is 0 Å². The summed E-state index contributed by atoms with van der Waals surface area (Å²) in [5.74, 6) is 2.35. The molecule has 0 bridgehead atoms. The fourth-order valence-electron chi connectivity index (χ4n) is 2.06. The largest absolute Gasteiger partial charge is 0.564 e. The van der Waals surface area contributed by atoms with Crippen LogP contribution in [0.15, 0.2) is 43.1 Å². The van der Waals surface area contributed by atoms with Crippen LogP contribution in [0.2, 0.25) is 0 Å².